The number of hydrogen-bond donors (Lipinski definition) is 1. The van der Waals surface area contributed by atoms with Gasteiger partial charge in [-0.3, -0.25) is 0 Å². The molecule has 20 heavy (non-hydrogen) atoms. The average molecular weight is 277 g/mol. The van der Waals surface area contributed by atoms with Crippen molar-refractivity contribution < 1.29 is 9.47 Å². The molecule has 1 atom stereocenters. The maximum absolute atomic E-state index is 5.60. The minimum atomic E-state index is -0.0563. The molecule has 3 heteroatoms. The maximum Gasteiger partial charge on any atom is 0.159 e. The van der Waals surface area contributed by atoms with Crippen LogP contribution in [0.15, 0.2) is 24.3 Å². The van der Waals surface area contributed by atoms with Crippen molar-refractivity contribution >= 4 is 0 Å². The summed E-state index contributed by atoms with van der Waals surface area (Å²) in [5.74, 6) is 0. The van der Waals surface area contributed by atoms with Gasteiger partial charge in [-0.15, -0.1) is 0 Å². The van der Waals surface area contributed by atoms with Crippen molar-refractivity contribution in [2.45, 2.75) is 51.9 Å². The Morgan fingerprint density at radius 1 is 1.20 bits per heavy atom. The molecule has 112 valence electrons. The van der Waals surface area contributed by atoms with Crippen molar-refractivity contribution in [3.05, 3.63) is 35.4 Å². The third-order valence-electron chi connectivity index (χ3n) is 3.65. The number of rotatable bonds is 8. The summed E-state index contributed by atoms with van der Waals surface area (Å²) < 4.78 is 11.2. The van der Waals surface area contributed by atoms with Crippen LogP contribution < -0.4 is 5.32 Å². The standard InChI is InChI=1S/C17H27NO2/c1-3-6-14-7-5-8-15(12-14)16(18-9-4-2)13-17-19-10-11-20-17/h5,7-8,12,16-18H,3-4,6,9-11,13H2,1-2H3. The third kappa shape index (κ3) is 4.58. The van der Waals surface area contributed by atoms with E-state index in [1.807, 2.05) is 0 Å². The molecule has 3 nitrogen and oxygen atoms in total. The lowest BCUT2D eigenvalue weighted by molar-refractivity contribution is -0.0530. The number of nitrogens with one attached hydrogen (secondary N) is 1. The van der Waals surface area contributed by atoms with Crippen molar-refractivity contribution in [1.82, 2.24) is 5.32 Å². The lowest BCUT2D eigenvalue weighted by atomic mass is 9.99. The number of benzene rings is 1. The zero-order valence-electron chi connectivity index (χ0n) is 12.7. The zero-order chi connectivity index (χ0) is 14.2. The first kappa shape index (κ1) is 15.5. The van der Waals surface area contributed by atoms with E-state index >= 15 is 0 Å². The average Bonchev–Trinajstić information content (AvgIpc) is 2.97. The van der Waals surface area contributed by atoms with Gasteiger partial charge in [0.2, 0.25) is 0 Å². The Hall–Kier alpha value is -0.900. The highest BCUT2D eigenvalue weighted by Crippen LogP contribution is 2.23. The van der Waals surface area contributed by atoms with Gasteiger partial charge in [-0.2, -0.15) is 0 Å². The van der Waals surface area contributed by atoms with E-state index in [0.29, 0.717) is 6.04 Å². The van der Waals surface area contributed by atoms with Gasteiger partial charge in [-0.25, -0.2) is 0 Å². The highest BCUT2D eigenvalue weighted by molar-refractivity contribution is 5.26. The minimum Gasteiger partial charge on any atom is -0.350 e. The van der Waals surface area contributed by atoms with Crippen LogP contribution in [-0.2, 0) is 15.9 Å². The Balaban J connectivity index is 2.05. The molecule has 0 aliphatic carbocycles. The molecular weight excluding hydrogens is 250 g/mol. The second-order valence-corrected chi connectivity index (χ2v) is 5.41. The Bertz CT molecular complexity index is 388. The summed E-state index contributed by atoms with van der Waals surface area (Å²) in [4.78, 5) is 0. The van der Waals surface area contributed by atoms with Crippen molar-refractivity contribution in [3.63, 3.8) is 0 Å². The summed E-state index contributed by atoms with van der Waals surface area (Å²) in [5, 5.41) is 3.62. The van der Waals surface area contributed by atoms with E-state index < -0.39 is 0 Å². The van der Waals surface area contributed by atoms with Crippen LogP contribution in [-0.4, -0.2) is 26.0 Å². The molecule has 1 unspecified atom stereocenters. The predicted octanol–water partition coefficient (Wildman–Crippen LogP) is 3.44. The zero-order valence-corrected chi connectivity index (χ0v) is 12.7. The first-order valence-corrected chi connectivity index (χ1v) is 7.89. The number of ether oxygens (including phenoxy) is 2. The summed E-state index contributed by atoms with van der Waals surface area (Å²) >= 11 is 0. The first-order valence-electron chi connectivity index (χ1n) is 7.89. The topological polar surface area (TPSA) is 30.5 Å². The van der Waals surface area contributed by atoms with E-state index in [1.54, 1.807) is 0 Å². The fourth-order valence-electron chi connectivity index (χ4n) is 2.65. The van der Waals surface area contributed by atoms with E-state index in [4.69, 9.17) is 9.47 Å². The van der Waals surface area contributed by atoms with Gasteiger partial charge in [0.15, 0.2) is 6.29 Å². The van der Waals surface area contributed by atoms with Crippen LogP contribution in [0.2, 0.25) is 0 Å². The fraction of sp³-hybridized carbons (Fsp3) is 0.647. The molecule has 1 aliphatic heterocycles. The lowest BCUT2D eigenvalue weighted by Crippen LogP contribution is -2.26. The Morgan fingerprint density at radius 3 is 2.70 bits per heavy atom. The van der Waals surface area contributed by atoms with Gasteiger partial charge in [0.05, 0.1) is 13.2 Å². The second kappa shape index (κ2) is 8.40. The molecule has 1 saturated heterocycles. The van der Waals surface area contributed by atoms with Crippen molar-refractivity contribution in [3.8, 4) is 0 Å². The molecule has 1 aromatic rings. The van der Waals surface area contributed by atoms with Gasteiger partial charge in [0.25, 0.3) is 0 Å². The van der Waals surface area contributed by atoms with Crippen LogP contribution in [0.3, 0.4) is 0 Å². The van der Waals surface area contributed by atoms with Crippen LogP contribution in [0.4, 0.5) is 0 Å². The van der Waals surface area contributed by atoms with Gasteiger partial charge in [-0.05, 0) is 30.5 Å². The van der Waals surface area contributed by atoms with Crippen molar-refractivity contribution in [2.24, 2.45) is 0 Å². The monoisotopic (exact) mass is 277 g/mol. The Morgan fingerprint density at radius 2 is 2.00 bits per heavy atom. The fourth-order valence-corrected chi connectivity index (χ4v) is 2.65. The molecule has 1 aliphatic rings. The summed E-state index contributed by atoms with van der Waals surface area (Å²) in [6.45, 7) is 6.89. The van der Waals surface area contributed by atoms with Crippen LogP contribution in [0.5, 0.6) is 0 Å². The molecule has 0 amide bonds. The quantitative estimate of drug-likeness (QED) is 0.789. The molecule has 2 rings (SSSR count). The molecule has 0 saturated carbocycles. The molecule has 0 spiro atoms. The van der Waals surface area contributed by atoms with Gasteiger partial charge >= 0.3 is 0 Å². The number of hydrogen-bond acceptors (Lipinski definition) is 3. The van der Waals surface area contributed by atoms with Crippen LogP contribution in [0, 0.1) is 0 Å². The van der Waals surface area contributed by atoms with E-state index in [2.05, 4.69) is 43.4 Å². The third-order valence-corrected chi connectivity index (χ3v) is 3.65. The number of aryl methyl sites for hydroxylation is 1. The summed E-state index contributed by atoms with van der Waals surface area (Å²) in [6.07, 6.45) is 4.29. The summed E-state index contributed by atoms with van der Waals surface area (Å²) in [6, 6.07) is 9.23. The maximum atomic E-state index is 5.60. The van der Waals surface area contributed by atoms with Gasteiger partial charge < -0.3 is 14.8 Å². The summed E-state index contributed by atoms with van der Waals surface area (Å²) in [5.41, 5.74) is 2.77. The summed E-state index contributed by atoms with van der Waals surface area (Å²) in [7, 11) is 0. The minimum absolute atomic E-state index is 0.0563. The van der Waals surface area contributed by atoms with E-state index in [-0.39, 0.29) is 6.29 Å². The Kier molecular flexibility index (Phi) is 6.51. The lowest BCUT2D eigenvalue weighted by Gasteiger charge is -2.22. The van der Waals surface area contributed by atoms with Crippen LogP contribution in [0.25, 0.3) is 0 Å². The molecule has 0 radical (unpaired) electrons. The largest absolute Gasteiger partial charge is 0.350 e. The van der Waals surface area contributed by atoms with E-state index in [1.165, 1.54) is 17.5 Å². The van der Waals surface area contributed by atoms with E-state index in [9.17, 15) is 0 Å². The van der Waals surface area contributed by atoms with Crippen molar-refractivity contribution in [2.75, 3.05) is 19.8 Å². The Labute approximate surface area is 122 Å². The molecule has 0 aromatic heterocycles. The smallest absolute Gasteiger partial charge is 0.159 e. The molecular formula is C17H27NO2. The van der Waals surface area contributed by atoms with Crippen LogP contribution >= 0.6 is 0 Å². The normalized spacial score (nSPS) is 17.5. The van der Waals surface area contributed by atoms with Crippen LogP contribution in [0.1, 0.15) is 50.3 Å². The van der Waals surface area contributed by atoms with Gasteiger partial charge in [0, 0.05) is 12.5 Å². The van der Waals surface area contributed by atoms with Crippen molar-refractivity contribution in [1.29, 1.82) is 0 Å². The molecule has 1 aromatic carbocycles. The van der Waals surface area contributed by atoms with Gasteiger partial charge in [-0.1, -0.05) is 44.5 Å². The van der Waals surface area contributed by atoms with Gasteiger partial charge in [0.1, 0.15) is 0 Å². The predicted molar refractivity (Wildman–Crippen MR) is 81.8 cm³/mol. The highest BCUT2D eigenvalue weighted by atomic mass is 16.7. The molecule has 0 bridgehead atoms. The highest BCUT2D eigenvalue weighted by Gasteiger charge is 2.22. The SMILES string of the molecule is CCCNC(CC1OCCO1)c1cccc(CCC)c1. The molecule has 1 heterocycles. The second-order valence-electron chi connectivity index (χ2n) is 5.41. The van der Waals surface area contributed by atoms with E-state index in [0.717, 1.165) is 39.0 Å². The first-order chi connectivity index (χ1) is 9.83. The molecule has 1 fully saturated rings. The molecule has 1 N–H and O–H groups in total.